The van der Waals surface area contributed by atoms with Gasteiger partial charge in [-0.3, -0.25) is 33.8 Å². The minimum absolute atomic E-state index is 0.0751. The highest BCUT2D eigenvalue weighted by atomic mass is 32.2. The van der Waals surface area contributed by atoms with Crippen molar-refractivity contribution in [3.05, 3.63) is 128 Å². The number of thiophene rings is 2. The summed E-state index contributed by atoms with van der Waals surface area (Å²) in [6.45, 7) is 0.574. The van der Waals surface area contributed by atoms with E-state index in [1.54, 1.807) is 17.0 Å². The third kappa shape index (κ3) is 9.09. The number of amides is 5. The standard InChI is InChI=1S/C20H18N4O5S2.C19H17N3O4S2/c21-17(26)11-3-5-23(6-4-11)9-12-10-31-19-15(18(27)24(19)16(12)20(28)29)22-14(25)8-13-2-1-7-30-13;23-14(9-13-5-4-8-27-13)20-15-17(24)22-16(19(25)26)12(11-28-18(15)22)10-21-6-2-1-3-7-21/h1-7,15,19H,8-10H2,(H3-,21,22,25,26,28,29);1-8,15,18H,9-11H2,(H-,20,23,25,26)/t15-,19-;15-,18-/m11/s1. The number of nitrogens with two attached hydrogens (primary N) is 1. The molecule has 4 aromatic rings. The fraction of sp³-hybridized carbons (Fsp3) is 0.256. The van der Waals surface area contributed by atoms with Gasteiger partial charge in [0.25, 0.3) is 11.8 Å². The number of thioether (sulfide) groups is 2. The molecule has 16 nitrogen and oxygen atoms in total. The van der Waals surface area contributed by atoms with E-state index >= 15 is 0 Å². The number of aliphatic carboxylic acids is 2. The van der Waals surface area contributed by atoms with Crippen LogP contribution in [0, 0.1) is 0 Å². The number of carboxylic acid groups (broad SMARTS) is 2. The summed E-state index contributed by atoms with van der Waals surface area (Å²) in [7, 11) is 0. The second kappa shape index (κ2) is 18.0. The van der Waals surface area contributed by atoms with Crippen LogP contribution in [0.15, 0.2) is 113 Å². The van der Waals surface area contributed by atoms with E-state index in [0.717, 1.165) is 9.75 Å². The number of hydrogen-bond donors (Lipinski definition) is 3. The maximum absolute atomic E-state index is 12.7. The van der Waals surface area contributed by atoms with Gasteiger partial charge in [0.2, 0.25) is 17.7 Å². The van der Waals surface area contributed by atoms with Gasteiger partial charge in [0.05, 0.1) is 41.7 Å². The zero-order valence-corrected chi connectivity index (χ0v) is 34.2. The first kappa shape index (κ1) is 41.3. The summed E-state index contributed by atoms with van der Waals surface area (Å²) in [6, 6.07) is 14.6. The number of aromatic nitrogens is 2. The first-order valence-electron chi connectivity index (χ1n) is 18.0. The maximum Gasteiger partial charge on any atom is 0.253 e. The van der Waals surface area contributed by atoms with Crippen LogP contribution in [0.25, 0.3) is 0 Å². The highest BCUT2D eigenvalue weighted by molar-refractivity contribution is 8.00. The molecule has 8 rings (SSSR count). The number of pyridine rings is 2. The van der Waals surface area contributed by atoms with Crippen molar-refractivity contribution in [1.29, 1.82) is 0 Å². The lowest BCUT2D eigenvalue weighted by Gasteiger charge is -2.50. The predicted octanol–water partition coefficient (Wildman–Crippen LogP) is -1.54. The molecule has 59 heavy (non-hydrogen) atoms. The van der Waals surface area contributed by atoms with Crippen molar-refractivity contribution in [2.24, 2.45) is 5.73 Å². The molecule has 8 heterocycles. The summed E-state index contributed by atoms with van der Waals surface area (Å²) in [5.41, 5.74) is 6.46. The van der Waals surface area contributed by atoms with Crippen LogP contribution in [-0.4, -0.2) is 85.6 Å². The molecule has 4 atom stereocenters. The van der Waals surface area contributed by atoms with Crippen LogP contribution in [0.1, 0.15) is 20.1 Å². The van der Waals surface area contributed by atoms with E-state index in [1.165, 1.54) is 68.1 Å². The number of primary amides is 1. The predicted molar refractivity (Wildman–Crippen MR) is 212 cm³/mol. The zero-order valence-electron chi connectivity index (χ0n) is 30.9. The lowest BCUT2D eigenvalue weighted by atomic mass is 10.0. The van der Waals surface area contributed by atoms with Gasteiger partial charge in [0.15, 0.2) is 37.9 Å². The van der Waals surface area contributed by atoms with Gasteiger partial charge in [0, 0.05) is 56.7 Å². The monoisotopic (exact) mass is 873 g/mol. The first-order valence-corrected chi connectivity index (χ1v) is 21.9. The summed E-state index contributed by atoms with van der Waals surface area (Å²) in [6.07, 6.45) is 7.28. The Balaban J connectivity index is 0.000000180. The van der Waals surface area contributed by atoms with Crippen LogP contribution in [0.3, 0.4) is 0 Å². The average Bonchev–Trinajstić information content (AvgIpc) is 3.94. The Labute approximate surface area is 353 Å². The Bertz CT molecular complexity index is 2350. The molecule has 0 spiro atoms. The van der Waals surface area contributed by atoms with Gasteiger partial charge in [-0.05, 0) is 22.9 Å². The van der Waals surface area contributed by atoms with Crippen LogP contribution in [0.5, 0.6) is 0 Å². The number of β-lactam (4-membered cyclic amide) rings is 2. The van der Waals surface area contributed by atoms with E-state index in [1.807, 2.05) is 70.2 Å². The number of hydrogen-bond acceptors (Lipinski definition) is 13. The zero-order chi connectivity index (χ0) is 41.8. The smallest absolute Gasteiger partial charge is 0.253 e. The minimum Gasteiger partial charge on any atom is -0.543 e. The molecular weight excluding hydrogens is 839 g/mol. The van der Waals surface area contributed by atoms with Crippen molar-refractivity contribution in [1.82, 2.24) is 20.4 Å². The second-order valence-corrected chi connectivity index (χ2v) is 17.8. The molecular formula is C39H35N7O9S4. The summed E-state index contributed by atoms with van der Waals surface area (Å²) in [5, 5.41) is 31.9. The molecule has 0 saturated carbocycles. The number of nitrogens with zero attached hydrogens (tertiary/aromatic N) is 4. The van der Waals surface area contributed by atoms with Gasteiger partial charge in [-0.25, -0.2) is 9.13 Å². The Morgan fingerprint density at radius 2 is 1.10 bits per heavy atom. The summed E-state index contributed by atoms with van der Waals surface area (Å²) in [5.74, 6) is -3.96. The molecule has 2 fully saturated rings. The van der Waals surface area contributed by atoms with Crippen molar-refractivity contribution in [2.75, 3.05) is 11.5 Å². The summed E-state index contributed by atoms with van der Waals surface area (Å²) >= 11 is 5.77. The first-order chi connectivity index (χ1) is 28.4. The SMILES string of the molecule is NC(=O)c1cc[n+](CC2=C(C(=O)[O-])N3C(=O)[C@@H](NC(=O)Cc4cccs4)[C@H]3SC2)cc1.O=C(Cc1cccs1)N[C@@H]1C(=O)N2C(C(=O)[O-])=C(C[n+]3ccccc3)CS[C@H]12. The van der Waals surface area contributed by atoms with Gasteiger partial charge in [-0.1, -0.05) is 18.2 Å². The van der Waals surface area contributed by atoms with Gasteiger partial charge in [-0.2, -0.15) is 0 Å². The highest BCUT2D eigenvalue weighted by Crippen LogP contribution is 2.41. The molecule has 0 aliphatic carbocycles. The van der Waals surface area contributed by atoms with E-state index in [2.05, 4.69) is 10.6 Å². The molecule has 0 unspecified atom stereocenters. The van der Waals surface area contributed by atoms with Crippen LogP contribution in [-0.2, 0) is 54.7 Å². The quantitative estimate of drug-likeness (QED) is 0.103. The molecule has 4 aromatic heterocycles. The van der Waals surface area contributed by atoms with Crippen LogP contribution in [0.4, 0.5) is 0 Å². The second-order valence-electron chi connectivity index (χ2n) is 13.6. The van der Waals surface area contributed by atoms with Gasteiger partial charge in [0.1, 0.15) is 22.8 Å². The third-order valence-electron chi connectivity index (χ3n) is 9.64. The minimum atomic E-state index is -1.44. The number of carboxylic acids is 2. The van der Waals surface area contributed by atoms with E-state index < -0.39 is 52.5 Å². The van der Waals surface area contributed by atoms with Crippen molar-refractivity contribution < 1.29 is 52.9 Å². The molecule has 20 heteroatoms. The Hall–Kier alpha value is -5.83. The Morgan fingerprint density at radius 3 is 1.49 bits per heavy atom. The Morgan fingerprint density at radius 1 is 0.661 bits per heavy atom. The number of fused-ring (bicyclic) bond motifs is 2. The lowest BCUT2D eigenvalue weighted by Crippen LogP contribution is -2.71. The average molecular weight is 874 g/mol. The highest BCUT2D eigenvalue weighted by Gasteiger charge is 2.54. The van der Waals surface area contributed by atoms with Crippen LogP contribution < -0.4 is 35.7 Å². The molecule has 0 bridgehead atoms. The topological polar surface area (TPSA) is 230 Å². The van der Waals surface area contributed by atoms with Crippen LogP contribution in [0.2, 0.25) is 0 Å². The number of carbonyl (C=O) groups is 7. The fourth-order valence-corrected chi connectivity index (χ4v) is 11.0. The largest absolute Gasteiger partial charge is 0.543 e. The van der Waals surface area contributed by atoms with E-state index in [4.69, 9.17) is 5.73 Å². The van der Waals surface area contributed by atoms with Crippen LogP contribution >= 0.6 is 46.2 Å². The molecule has 5 amide bonds. The number of nitrogens with one attached hydrogen (secondary N) is 2. The van der Waals surface area contributed by atoms with E-state index in [-0.39, 0.29) is 42.6 Å². The molecule has 304 valence electrons. The van der Waals surface area contributed by atoms with Crippen molar-refractivity contribution in [3.8, 4) is 0 Å². The summed E-state index contributed by atoms with van der Waals surface area (Å²) < 4.78 is 3.54. The normalized spacial score (nSPS) is 20.6. The number of rotatable bonds is 13. The van der Waals surface area contributed by atoms with Crippen molar-refractivity contribution >= 4 is 87.7 Å². The van der Waals surface area contributed by atoms with Gasteiger partial charge < -0.3 is 36.2 Å². The Kier molecular flexibility index (Phi) is 12.6. The molecule has 0 radical (unpaired) electrons. The lowest BCUT2D eigenvalue weighted by molar-refractivity contribution is -0.689. The molecule has 4 aliphatic heterocycles. The number of carbonyl (C=O) groups excluding carboxylic acids is 7. The van der Waals surface area contributed by atoms with Crippen molar-refractivity contribution in [3.63, 3.8) is 0 Å². The van der Waals surface area contributed by atoms with Gasteiger partial charge in [-0.15, -0.1) is 46.2 Å². The van der Waals surface area contributed by atoms with E-state index in [0.29, 0.717) is 34.8 Å². The fourth-order valence-electron chi connectivity index (χ4n) is 6.89. The third-order valence-corrected chi connectivity index (χ3v) is 14.1. The molecule has 2 saturated heterocycles. The van der Waals surface area contributed by atoms with Gasteiger partial charge >= 0.3 is 0 Å². The van der Waals surface area contributed by atoms with E-state index in [9.17, 15) is 43.8 Å². The van der Waals surface area contributed by atoms with Crippen molar-refractivity contribution in [2.45, 2.75) is 48.8 Å². The maximum atomic E-state index is 12.7. The summed E-state index contributed by atoms with van der Waals surface area (Å²) in [4.78, 5) is 88.8. The molecule has 4 aliphatic rings. The molecule has 0 aromatic carbocycles. The molecule has 4 N–H and O–H groups in total.